The molecule has 0 unspecified atom stereocenters. The number of carbonyl (C=O) groups excluding carboxylic acids is 1. The van der Waals surface area contributed by atoms with Crippen LogP contribution in [0.5, 0.6) is 0 Å². The van der Waals surface area contributed by atoms with Gasteiger partial charge in [-0.25, -0.2) is 4.98 Å². The number of aromatic amines is 1. The fraction of sp³-hybridized carbons (Fsp3) is 0.143. The average Bonchev–Trinajstić information content (AvgIpc) is 3.03. The van der Waals surface area contributed by atoms with Crippen LogP contribution in [0.1, 0.15) is 21.1 Å². The second kappa shape index (κ2) is 4.85. The van der Waals surface area contributed by atoms with Gasteiger partial charge >= 0.3 is 0 Å². The smallest absolute Gasteiger partial charge is 0.251 e. The molecular formula is C14H13N3OS. The monoisotopic (exact) mass is 271 g/mol. The lowest BCUT2D eigenvalue weighted by molar-refractivity contribution is 0.0950. The Kier molecular flexibility index (Phi) is 3.05. The molecule has 2 heterocycles. The van der Waals surface area contributed by atoms with Gasteiger partial charge in [0.15, 0.2) is 0 Å². The first-order chi connectivity index (χ1) is 9.22. The molecule has 0 bridgehead atoms. The van der Waals surface area contributed by atoms with Gasteiger partial charge in [0.25, 0.3) is 5.91 Å². The van der Waals surface area contributed by atoms with E-state index in [1.165, 1.54) is 0 Å². The van der Waals surface area contributed by atoms with E-state index in [1.54, 1.807) is 11.3 Å². The molecule has 0 saturated heterocycles. The fourth-order valence-electron chi connectivity index (χ4n) is 1.96. The van der Waals surface area contributed by atoms with E-state index in [0.717, 1.165) is 21.6 Å². The molecule has 4 nitrogen and oxygen atoms in total. The predicted molar refractivity (Wildman–Crippen MR) is 76.3 cm³/mol. The van der Waals surface area contributed by atoms with Crippen LogP contribution in [0.2, 0.25) is 0 Å². The minimum Gasteiger partial charge on any atom is -0.361 e. The highest BCUT2D eigenvalue weighted by Crippen LogP contribution is 2.14. The molecule has 2 N–H and O–H groups in total. The number of fused-ring (bicyclic) bond motifs is 1. The lowest BCUT2D eigenvalue weighted by atomic mass is 10.1. The zero-order valence-electron chi connectivity index (χ0n) is 10.4. The van der Waals surface area contributed by atoms with Gasteiger partial charge in [0.05, 0.1) is 17.2 Å². The molecule has 3 aromatic rings. The number of benzene rings is 1. The Morgan fingerprint density at radius 1 is 1.42 bits per heavy atom. The van der Waals surface area contributed by atoms with Crippen molar-refractivity contribution in [2.24, 2.45) is 0 Å². The first kappa shape index (κ1) is 11.9. The topological polar surface area (TPSA) is 57.8 Å². The first-order valence-corrected chi connectivity index (χ1v) is 6.87. The van der Waals surface area contributed by atoms with Crippen molar-refractivity contribution in [3.63, 3.8) is 0 Å². The third-order valence-corrected chi connectivity index (χ3v) is 3.73. The van der Waals surface area contributed by atoms with Crippen LogP contribution in [-0.4, -0.2) is 15.9 Å². The summed E-state index contributed by atoms with van der Waals surface area (Å²) in [5.41, 5.74) is 2.60. The Labute approximate surface area is 114 Å². The largest absolute Gasteiger partial charge is 0.361 e. The number of H-pyrrole nitrogens is 1. The predicted octanol–water partition coefficient (Wildman–Crippen LogP) is 2.86. The summed E-state index contributed by atoms with van der Waals surface area (Å²) in [4.78, 5) is 19.5. The zero-order chi connectivity index (χ0) is 13.2. The summed E-state index contributed by atoms with van der Waals surface area (Å²) in [6.45, 7) is 2.42. The number of nitrogens with one attached hydrogen (secondary N) is 2. The van der Waals surface area contributed by atoms with E-state index in [1.807, 2.05) is 42.8 Å². The van der Waals surface area contributed by atoms with Gasteiger partial charge in [-0.1, -0.05) is 0 Å². The van der Waals surface area contributed by atoms with Crippen molar-refractivity contribution in [3.8, 4) is 0 Å². The molecule has 0 aliphatic heterocycles. The van der Waals surface area contributed by atoms with Gasteiger partial charge in [-0.3, -0.25) is 4.79 Å². The van der Waals surface area contributed by atoms with Crippen LogP contribution in [0.3, 0.4) is 0 Å². The van der Waals surface area contributed by atoms with E-state index in [9.17, 15) is 4.79 Å². The van der Waals surface area contributed by atoms with E-state index in [0.29, 0.717) is 12.1 Å². The molecule has 1 amide bonds. The molecule has 19 heavy (non-hydrogen) atoms. The third-order valence-electron chi connectivity index (χ3n) is 2.91. The van der Waals surface area contributed by atoms with Crippen LogP contribution in [0.25, 0.3) is 10.9 Å². The van der Waals surface area contributed by atoms with E-state index in [2.05, 4.69) is 15.3 Å². The van der Waals surface area contributed by atoms with Crippen LogP contribution < -0.4 is 5.32 Å². The molecule has 0 saturated carbocycles. The summed E-state index contributed by atoms with van der Waals surface area (Å²) in [5, 5.41) is 6.89. The van der Waals surface area contributed by atoms with Crippen LogP contribution >= 0.6 is 11.3 Å². The van der Waals surface area contributed by atoms with Crippen LogP contribution in [0, 0.1) is 6.92 Å². The number of amides is 1. The molecule has 0 radical (unpaired) electrons. The quantitative estimate of drug-likeness (QED) is 0.769. The number of carbonyl (C=O) groups is 1. The fourth-order valence-corrected chi connectivity index (χ4v) is 2.57. The first-order valence-electron chi connectivity index (χ1n) is 5.99. The van der Waals surface area contributed by atoms with Gasteiger partial charge in [0.1, 0.15) is 0 Å². The second-order valence-corrected chi connectivity index (χ2v) is 5.38. The van der Waals surface area contributed by atoms with Crippen molar-refractivity contribution in [2.75, 3.05) is 0 Å². The average molecular weight is 271 g/mol. The highest BCUT2D eigenvalue weighted by Gasteiger charge is 2.07. The number of nitrogens with zero attached hydrogens (tertiary/aromatic N) is 1. The molecule has 0 fully saturated rings. The SMILES string of the molecule is Cc1nc(CNC(=O)c2ccc3[nH]ccc3c2)cs1. The molecule has 0 aliphatic rings. The molecule has 96 valence electrons. The highest BCUT2D eigenvalue weighted by atomic mass is 32.1. The lowest BCUT2D eigenvalue weighted by Gasteiger charge is -2.03. The summed E-state index contributed by atoms with van der Waals surface area (Å²) >= 11 is 1.59. The lowest BCUT2D eigenvalue weighted by Crippen LogP contribution is -2.22. The highest BCUT2D eigenvalue weighted by molar-refractivity contribution is 7.09. The number of aryl methyl sites for hydroxylation is 1. The molecule has 1 aromatic carbocycles. The van der Waals surface area contributed by atoms with Crippen molar-refractivity contribution < 1.29 is 4.79 Å². The maximum Gasteiger partial charge on any atom is 0.251 e. The number of thiazole rings is 1. The number of hydrogen-bond donors (Lipinski definition) is 2. The summed E-state index contributed by atoms with van der Waals surface area (Å²) in [6, 6.07) is 7.57. The van der Waals surface area contributed by atoms with Gasteiger partial charge in [-0.2, -0.15) is 0 Å². The second-order valence-electron chi connectivity index (χ2n) is 4.32. The number of hydrogen-bond acceptors (Lipinski definition) is 3. The van der Waals surface area contributed by atoms with Gasteiger partial charge < -0.3 is 10.3 Å². The molecular weight excluding hydrogens is 258 g/mol. The van der Waals surface area contributed by atoms with E-state index < -0.39 is 0 Å². The van der Waals surface area contributed by atoms with Crippen LogP contribution in [0.15, 0.2) is 35.8 Å². The Morgan fingerprint density at radius 2 is 2.32 bits per heavy atom. The summed E-state index contributed by atoms with van der Waals surface area (Å²) in [7, 11) is 0. The molecule has 0 spiro atoms. The van der Waals surface area contributed by atoms with Gasteiger partial charge in [-0.05, 0) is 31.2 Å². The third kappa shape index (κ3) is 2.51. The minimum atomic E-state index is -0.0752. The Bertz CT molecular complexity index is 729. The van der Waals surface area contributed by atoms with Crippen molar-refractivity contribution >= 4 is 28.1 Å². The van der Waals surface area contributed by atoms with Crippen molar-refractivity contribution in [2.45, 2.75) is 13.5 Å². The van der Waals surface area contributed by atoms with Crippen molar-refractivity contribution in [1.29, 1.82) is 0 Å². The summed E-state index contributed by atoms with van der Waals surface area (Å²) in [5.74, 6) is -0.0752. The van der Waals surface area contributed by atoms with Crippen LogP contribution in [-0.2, 0) is 6.54 Å². The molecule has 3 rings (SSSR count). The minimum absolute atomic E-state index is 0.0752. The van der Waals surface area contributed by atoms with Gasteiger partial charge in [0, 0.05) is 28.0 Å². The normalized spacial score (nSPS) is 10.8. The van der Waals surface area contributed by atoms with Gasteiger partial charge in [0.2, 0.25) is 0 Å². The Hall–Kier alpha value is -2.14. The molecule has 0 aliphatic carbocycles. The zero-order valence-corrected chi connectivity index (χ0v) is 11.3. The van der Waals surface area contributed by atoms with E-state index >= 15 is 0 Å². The maximum atomic E-state index is 12.0. The molecule has 5 heteroatoms. The summed E-state index contributed by atoms with van der Waals surface area (Å²) in [6.07, 6.45) is 1.87. The Morgan fingerprint density at radius 3 is 3.11 bits per heavy atom. The van der Waals surface area contributed by atoms with E-state index in [-0.39, 0.29) is 5.91 Å². The van der Waals surface area contributed by atoms with Crippen LogP contribution in [0.4, 0.5) is 0 Å². The van der Waals surface area contributed by atoms with E-state index in [4.69, 9.17) is 0 Å². The van der Waals surface area contributed by atoms with Crippen molar-refractivity contribution in [3.05, 3.63) is 52.1 Å². The standard InChI is InChI=1S/C14H13N3OS/c1-9-17-12(8-19-9)7-16-14(18)11-2-3-13-10(6-11)4-5-15-13/h2-6,8,15H,7H2,1H3,(H,16,18). The Balaban J connectivity index is 1.72. The number of rotatable bonds is 3. The molecule has 0 atom stereocenters. The van der Waals surface area contributed by atoms with Gasteiger partial charge in [-0.15, -0.1) is 11.3 Å². The molecule has 2 aromatic heterocycles. The number of aromatic nitrogens is 2. The maximum absolute atomic E-state index is 12.0. The summed E-state index contributed by atoms with van der Waals surface area (Å²) < 4.78 is 0. The van der Waals surface area contributed by atoms with Crippen molar-refractivity contribution in [1.82, 2.24) is 15.3 Å².